The number of benzene rings is 1. The van der Waals surface area contributed by atoms with Crippen LogP contribution in [0.5, 0.6) is 0 Å². The topological polar surface area (TPSA) is 84.7 Å². The van der Waals surface area contributed by atoms with Crippen LogP contribution in [0, 0.1) is 0 Å². The lowest BCUT2D eigenvalue weighted by Crippen LogP contribution is -2.41. The summed E-state index contributed by atoms with van der Waals surface area (Å²) >= 11 is 1.71. The first-order valence-electron chi connectivity index (χ1n) is 9.31. The smallest absolute Gasteiger partial charge is 0.356 e. The first-order valence-corrected chi connectivity index (χ1v) is 10.7. The first-order chi connectivity index (χ1) is 13.6. The molecule has 0 aliphatic carbocycles. The number of ether oxygens (including phenoxy) is 1. The molecule has 1 atom stereocenters. The minimum Gasteiger partial charge on any atom is -0.476 e. The summed E-state index contributed by atoms with van der Waals surface area (Å²) in [6.45, 7) is 2.32. The van der Waals surface area contributed by atoms with Gasteiger partial charge in [0.05, 0.1) is 25.2 Å². The van der Waals surface area contributed by atoms with E-state index in [1.165, 1.54) is 0 Å². The highest BCUT2D eigenvalue weighted by Crippen LogP contribution is 2.30. The van der Waals surface area contributed by atoms with E-state index in [0.717, 1.165) is 17.7 Å². The summed E-state index contributed by atoms with van der Waals surface area (Å²) in [4.78, 5) is 30.6. The second kappa shape index (κ2) is 9.75. The normalized spacial score (nSPS) is 15.4. The zero-order valence-electron chi connectivity index (χ0n) is 15.9. The van der Waals surface area contributed by atoms with E-state index in [4.69, 9.17) is 4.74 Å². The Labute approximate surface area is 168 Å². The fraction of sp³-hybridized carbons (Fsp3) is 0.450. The molecular weight excluding hydrogens is 378 g/mol. The number of carboxylic acid groups (broad SMARTS) is 1. The molecule has 150 valence electrons. The van der Waals surface area contributed by atoms with Crippen molar-refractivity contribution in [3.63, 3.8) is 0 Å². The third-order valence-electron chi connectivity index (χ3n) is 4.87. The van der Waals surface area contributed by atoms with Crippen LogP contribution in [0.3, 0.4) is 0 Å². The second-order valence-corrected chi connectivity index (χ2v) is 7.64. The lowest BCUT2D eigenvalue weighted by molar-refractivity contribution is -0.136. The van der Waals surface area contributed by atoms with Gasteiger partial charge in [-0.2, -0.15) is 11.8 Å². The Hall–Kier alpha value is -2.32. The van der Waals surface area contributed by atoms with Crippen LogP contribution in [0.15, 0.2) is 36.7 Å². The van der Waals surface area contributed by atoms with Gasteiger partial charge in [-0.25, -0.2) is 9.78 Å². The van der Waals surface area contributed by atoms with Crippen molar-refractivity contribution in [1.29, 1.82) is 0 Å². The van der Waals surface area contributed by atoms with E-state index >= 15 is 0 Å². The summed E-state index contributed by atoms with van der Waals surface area (Å²) in [6, 6.07) is 9.21. The Morgan fingerprint density at radius 2 is 1.96 bits per heavy atom. The van der Waals surface area contributed by atoms with Crippen molar-refractivity contribution in [1.82, 2.24) is 14.5 Å². The molecule has 0 unspecified atom stereocenters. The van der Waals surface area contributed by atoms with Crippen LogP contribution in [-0.4, -0.2) is 69.7 Å². The summed E-state index contributed by atoms with van der Waals surface area (Å²) in [5.41, 5.74) is 1.35. The number of hydrogen-bond donors (Lipinski definition) is 1. The molecular formula is C20H25N3O4S. The van der Waals surface area contributed by atoms with E-state index in [1.54, 1.807) is 18.1 Å². The highest BCUT2D eigenvalue weighted by atomic mass is 32.2. The first kappa shape index (κ1) is 20.4. The molecule has 1 aromatic heterocycles. The molecule has 0 radical (unpaired) electrons. The van der Waals surface area contributed by atoms with Gasteiger partial charge in [-0.05, 0) is 18.4 Å². The molecule has 1 N–H and O–H groups in total. The van der Waals surface area contributed by atoms with Crippen LogP contribution < -0.4 is 0 Å². The van der Waals surface area contributed by atoms with E-state index in [2.05, 4.69) is 4.98 Å². The van der Waals surface area contributed by atoms with Gasteiger partial charge >= 0.3 is 5.97 Å². The predicted octanol–water partition coefficient (Wildman–Crippen LogP) is 2.79. The standard InChI is InChI=1S/C20H25N3O4S/c1-28-12-7-16(13-17(24)22-8-10-27-11-9-22)23-14-21-18(20(25)26)19(23)15-5-3-2-4-6-15/h2-6,14,16H,7-13H2,1H3,(H,25,26)/t16-/m0/s1. The van der Waals surface area contributed by atoms with Gasteiger partial charge in [0.2, 0.25) is 5.91 Å². The molecule has 1 aromatic carbocycles. The van der Waals surface area contributed by atoms with E-state index < -0.39 is 5.97 Å². The highest BCUT2D eigenvalue weighted by Gasteiger charge is 2.27. The molecule has 0 saturated carbocycles. The van der Waals surface area contributed by atoms with Crippen LogP contribution >= 0.6 is 11.8 Å². The molecule has 8 heteroatoms. The number of rotatable bonds is 8. The number of hydrogen-bond acceptors (Lipinski definition) is 5. The lowest BCUT2D eigenvalue weighted by atomic mass is 10.1. The van der Waals surface area contributed by atoms with Gasteiger partial charge in [0.1, 0.15) is 0 Å². The minimum atomic E-state index is -1.07. The molecule has 3 rings (SSSR count). The number of aromatic carboxylic acids is 1. The van der Waals surface area contributed by atoms with E-state index in [-0.39, 0.29) is 17.6 Å². The highest BCUT2D eigenvalue weighted by molar-refractivity contribution is 7.98. The maximum absolute atomic E-state index is 12.8. The third-order valence-corrected chi connectivity index (χ3v) is 5.51. The van der Waals surface area contributed by atoms with Crippen molar-refractivity contribution in [2.75, 3.05) is 38.3 Å². The van der Waals surface area contributed by atoms with Gasteiger partial charge in [-0.3, -0.25) is 4.79 Å². The van der Waals surface area contributed by atoms with Gasteiger partial charge in [0, 0.05) is 31.1 Å². The Morgan fingerprint density at radius 1 is 1.25 bits per heavy atom. The Balaban J connectivity index is 1.93. The number of carbonyl (C=O) groups is 2. The Morgan fingerprint density at radius 3 is 2.61 bits per heavy atom. The van der Waals surface area contributed by atoms with Crippen molar-refractivity contribution in [2.24, 2.45) is 0 Å². The third kappa shape index (κ3) is 4.74. The summed E-state index contributed by atoms with van der Waals surface area (Å²) < 4.78 is 7.20. The molecule has 1 aliphatic rings. The van der Waals surface area contributed by atoms with Crippen molar-refractivity contribution < 1.29 is 19.4 Å². The Kier molecular flexibility index (Phi) is 7.11. The van der Waals surface area contributed by atoms with Crippen LogP contribution in [-0.2, 0) is 9.53 Å². The maximum Gasteiger partial charge on any atom is 0.356 e. The molecule has 2 heterocycles. The van der Waals surface area contributed by atoms with Gasteiger partial charge in [-0.15, -0.1) is 0 Å². The van der Waals surface area contributed by atoms with Crippen LogP contribution in [0.2, 0.25) is 0 Å². The van der Waals surface area contributed by atoms with Gasteiger partial charge in [0.25, 0.3) is 0 Å². The van der Waals surface area contributed by atoms with E-state index in [9.17, 15) is 14.7 Å². The molecule has 1 amide bonds. The largest absolute Gasteiger partial charge is 0.476 e. The van der Waals surface area contributed by atoms with Gasteiger partial charge in [0.15, 0.2) is 5.69 Å². The van der Waals surface area contributed by atoms with Crippen LogP contribution in [0.25, 0.3) is 11.3 Å². The second-order valence-electron chi connectivity index (χ2n) is 6.65. The number of aromatic nitrogens is 2. The number of carbonyl (C=O) groups excluding carboxylic acids is 1. The average molecular weight is 404 g/mol. The number of amides is 1. The lowest BCUT2D eigenvalue weighted by Gasteiger charge is -2.29. The van der Waals surface area contributed by atoms with Crippen molar-refractivity contribution in [3.05, 3.63) is 42.4 Å². The van der Waals surface area contributed by atoms with E-state index in [1.807, 2.05) is 46.1 Å². The molecule has 0 spiro atoms. The SMILES string of the molecule is CSCC[C@@H](CC(=O)N1CCOCC1)n1cnc(C(=O)O)c1-c1ccccc1. The van der Waals surface area contributed by atoms with Gasteiger partial charge < -0.3 is 19.3 Å². The quantitative estimate of drug-likeness (QED) is 0.730. The number of nitrogens with zero attached hydrogens (tertiary/aromatic N) is 3. The molecule has 0 bridgehead atoms. The molecule has 1 fully saturated rings. The van der Waals surface area contributed by atoms with E-state index in [0.29, 0.717) is 38.4 Å². The predicted molar refractivity (Wildman–Crippen MR) is 109 cm³/mol. The average Bonchev–Trinajstić information content (AvgIpc) is 3.17. The van der Waals surface area contributed by atoms with Crippen LogP contribution in [0.4, 0.5) is 0 Å². The van der Waals surface area contributed by atoms with Crippen LogP contribution in [0.1, 0.15) is 29.4 Å². The fourth-order valence-electron chi connectivity index (χ4n) is 3.41. The Bertz CT molecular complexity index is 803. The van der Waals surface area contributed by atoms with Crippen molar-refractivity contribution in [3.8, 4) is 11.3 Å². The van der Waals surface area contributed by atoms with Gasteiger partial charge in [-0.1, -0.05) is 30.3 Å². The number of morpholine rings is 1. The molecule has 2 aromatic rings. The van der Waals surface area contributed by atoms with Crippen molar-refractivity contribution in [2.45, 2.75) is 18.9 Å². The summed E-state index contributed by atoms with van der Waals surface area (Å²) in [5, 5.41) is 9.61. The summed E-state index contributed by atoms with van der Waals surface area (Å²) in [7, 11) is 0. The fourth-order valence-corrected chi connectivity index (χ4v) is 3.92. The summed E-state index contributed by atoms with van der Waals surface area (Å²) in [5.74, 6) is -0.129. The van der Waals surface area contributed by atoms with Crippen molar-refractivity contribution >= 4 is 23.6 Å². The molecule has 1 aliphatic heterocycles. The zero-order chi connectivity index (χ0) is 19.9. The molecule has 28 heavy (non-hydrogen) atoms. The molecule has 1 saturated heterocycles. The zero-order valence-corrected chi connectivity index (χ0v) is 16.7. The number of carboxylic acids is 1. The minimum absolute atomic E-state index is 0.0131. The number of thioether (sulfide) groups is 1. The number of imidazole rings is 1. The molecule has 7 nitrogen and oxygen atoms in total. The monoisotopic (exact) mass is 403 g/mol. The maximum atomic E-state index is 12.8. The summed E-state index contributed by atoms with van der Waals surface area (Å²) in [6.07, 6.45) is 4.65.